The van der Waals surface area contributed by atoms with Gasteiger partial charge in [-0.15, -0.1) is 0 Å². The van der Waals surface area contributed by atoms with Crippen LogP contribution >= 0.6 is 0 Å². The Hall–Kier alpha value is -2.90. The van der Waals surface area contributed by atoms with Gasteiger partial charge in [-0.1, -0.05) is 12.1 Å². The maximum absolute atomic E-state index is 13.7. The van der Waals surface area contributed by atoms with Crippen molar-refractivity contribution in [2.75, 3.05) is 4.90 Å². The third kappa shape index (κ3) is 1.63. The van der Waals surface area contributed by atoms with E-state index in [0.29, 0.717) is 0 Å². The largest absolute Gasteiger partial charge is 0.506 e. The predicted octanol–water partition coefficient (Wildman–Crippen LogP) is 2.75. The molecular weight excluding hydrogens is 306 g/mol. The Kier molecular flexibility index (Phi) is 2.91. The van der Waals surface area contributed by atoms with Crippen molar-refractivity contribution in [1.29, 1.82) is 0 Å². The molecule has 0 aliphatic carbocycles. The summed E-state index contributed by atoms with van der Waals surface area (Å²) in [6.07, 6.45) is 0. The van der Waals surface area contributed by atoms with E-state index in [1.54, 1.807) is 0 Å². The molecule has 3 rings (SSSR count). The molecule has 0 saturated heterocycles. The minimum absolute atomic E-state index is 0.255. The Labute approximate surface area is 120 Å². The summed E-state index contributed by atoms with van der Waals surface area (Å²) in [5.74, 6) is -11.6. The third-order valence-corrected chi connectivity index (χ3v) is 3.22. The molecule has 2 amide bonds. The van der Waals surface area contributed by atoms with Crippen molar-refractivity contribution in [1.82, 2.24) is 0 Å². The number of imide groups is 1. The summed E-state index contributed by atoms with van der Waals surface area (Å²) in [4.78, 5) is 24.4. The lowest BCUT2D eigenvalue weighted by Crippen LogP contribution is -2.29. The van der Waals surface area contributed by atoms with Gasteiger partial charge in [0, 0.05) is 0 Å². The van der Waals surface area contributed by atoms with Crippen LogP contribution in [-0.2, 0) is 0 Å². The van der Waals surface area contributed by atoms with E-state index in [-0.39, 0.29) is 10.6 Å². The molecule has 2 aromatic rings. The summed E-state index contributed by atoms with van der Waals surface area (Å²) >= 11 is 0. The quantitative estimate of drug-likeness (QED) is 0.381. The maximum atomic E-state index is 13.7. The van der Waals surface area contributed by atoms with Crippen molar-refractivity contribution < 1.29 is 32.3 Å². The Morgan fingerprint density at radius 1 is 0.773 bits per heavy atom. The van der Waals surface area contributed by atoms with E-state index in [0.717, 1.165) is 12.1 Å². The summed E-state index contributed by atoms with van der Waals surface area (Å²) in [6.45, 7) is 0. The number of hydrogen-bond donors (Lipinski definition) is 1. The van der Waals surface area contributed by atoms with Crippen molar-refractivity contribution >= 4 is 17.5 Å². The second-order valence-electron chi connectivity index (χ2n) is 4.44. The number of phenols is 1. The number of aromatic hydroxyl groups is 1. The SMILES string of the molecule is O=C1c2c(F)c(F)c(F)c(F)c2C(=O)N1c1ccccc1O. The van der Waals surface area contributed by atoms with Crippen molar-refractivity contribution in [2.24, 2.45) is 0 Å². The molecule has 0 bridgehead atoms. The minimum atomic E-state index is -2.18. The number of anilines is 1. The molecule has 0 fully saturated rings. The summed E-state index contributed by atoms with van der Waals surface area (Å²) in [5.41, 5.74) is -2.76. The first-order valence-corrected chi connectivity index (χ1v) is 5.89. The van der Waals surface area contributed by atoms with Crippen LogP contribution in [0.5, 0.6) is 5.75 Å². The molecule has 0 radical (unpaired) electrons. The van der Waals surface area contributed by atoms with E-state index in [4.69, 9.17) is 0 Å². The number of benzene rings is 2. The lowest BCUT2D eigenvalue weighted by Gasteiger charge is -2.14. The molecule has 0 unspecified atom stereocenters. The highest BCUT2D eigenvalue weighted by Crippen LogP contribution is 2.37. The normalized spacial score (nSPS) is 13.7. The van der Waals surface area contributed by atoms with Gasteiger partial charge in [-0.2, -0.15) is 0 Å². The summed E-state index contributed by atoms with van der Waals surface area (Å²) < 4.78 is 53.9. The van der Waals surface area contributed by atoms with Crippen LogP contribution in [0, 0.1) is 23.3 Å². The van der Waals surface area contributed by atoms with Crippen LogP contribution < -0.4 is 4.90 Å². The highest BCUT2D eigenvalue weighted by molar-refractivity contribution is 6.35. The van der Waals surface area contributed by atoms with Gasteiger partial charge in [0.1, 0.15) is 5.75 Å². The number of amides is 2. The maximum Gasteiger partial charge on any atom is 0.269 e. The number of halogens is 4. The first kappa shape index (κ1) is 14.1. The molecule has 0 aromatic heterocycles. The molecular formula is C14H5F4NO3. The van der Waals surface area contributed by atoms with Crippen LogP contribution in [0.25, 0.3) is 0 Å². The number of carbonyl (C=O) groups excluding carboxylic acids is 2. The number of carbonyl (C=O) groups is 2. The Bertz CT molecular complexity index is 803. The molecule has 1 N–H and O–H groups in total. The highest BCUT2D eigenvalue weighted by atomic mass is 19.2. The van der Waals surface area contributed by atoms with Gasteiger partial charge in [0.05, 0.1) is 16.8 Å². The molecule has 1 aliphatic heterocycles. The lowest BCUT2D eigenvalue weighted by molar-refractivity contribution is 0.0923. The molecule has 8 heteroatoms. The van der Waals surface area contributed by atoms with Gasteiger partial charge in [-0.05, 0) is 12.1 Å². The molecule has 112 valence electrons. The topological polar surface area (TPSA) is 57.6 Å². The van der Waals surface area contributed by atoms with Gasteiger partial charge in [0.2, 0.25) is 0 Å². The molecule has 1 heterocycles. The van der Waals surface area contributed by atoms with E-state index in [1.165, 1.54) is 12.1 Å². The fourth-order valence-electron chi connectivity index (χ4n) is 2.22. The van der Waals surface area contributed by atoms with Crippen LogP contribution in [0.1, 0.15) is 20.7 Å². The number of nitrogens with zero attached hydrogens (tertiary/aromatic N) is 1. The smallest absolute Gasteiger partial charge is 0.269 e. The molecule has 22 heavy (non-hydrogen) atoms. The van der Waals surface area contributed by atoms with Crippen molar-refractivity contribution in [3.05, 3.63) is 58.7 Å². The van der Waals surface area contributed by atoms with Crippen LogP contribution in [0.15, 0.2) is 24.3 Å². The zero-order valence-corrected chi connectivity index (χ0v) is 10.5. The van der Waals surface area contributed by atoms with Crippen molar-refractivity contribution in [3.8, 4) is 5.75 Å². The minimum Gasteiger partial charge on any atom is -0.506 e. The van der Waals surface area contributed by atoms with Gasteiger partial charge in [-0.3, -0.25) is 9.59 Å². The Balaban J connectivity index is 2.29. The van der Waals surface area contributed by atoms with E-state index in [9.17, 15) is 32.3 Å². The van der Waals surface area contributed by atoms with Gasteiger partial charge in [0.25, 0.3) is 11.8 Å². The number of fused-ring (bicyclic) bond motifs is 1. The molecule has 0 atom stereocenters. The van der Waals surface area contributed by atoms with E-state index in [2.05, 4.69) is 0 Å². The van der Waals surface area contributed by atoms with Gasteiger partial charge < -0.3 is 5.11 Å². The average molecular weight is 311 g/mol. The Morgan fingerprint density at radius 2 is 1.23 bits per heavy atom. The zero-order valence-electron chi connectivity index (χ0n) is 10.5. The average Bonchev–Trinajstić information content (AvgIpc) is 2.75. The number of hydrogen-bond acceptors (Lipinski definition) is 3. The zero-order chi connectivity index (χ0) is 16.2. The predicted molar refractivity (Wildman–Crippen MR) is 65.5 cm³/mol. The van der Waals surface area contributed by atoms with Crippen molar-refractivity contribution in [3.63, 3.8) is 0 Å². The van der Waals surface area contributed by atoms with Gasteiger partial charge >= 0.3 is 0 Å². The summed E-state index contributed by atoms with van der Waals surface area (Å²) in [5, 5.41) is 9.65. The fraction of sp³-hybridized carbons (Fsp3) is 0. The number of para-hydroxylation sites is 2. The van der Waals surface area contributed by atoms with Gasteiger partial charge in [-0.25, -0.2) is 22.5 Å². The van der Waals surface area contributed by atoms with E-state index < -0.39 is 52.0 Å². The fourth-order valence-corrected chi connectivity index (χ4v) is 2.22. The summed E-state index contributed by atoms with van der Waals surface area (Å²) in [6, 6.07) is 5.01. The van der Waals surface area contributed by atoms with Crippen molar-refractivity contribution in [2.45, 2.75) is 0 Å². The highest BCUT2D eigenvalue weighted by Gasteiger charge is 2.45. The first-order valence-electron chi connectivity index (χ1n) is 5.89. The number of phenolic OH excluding ortho intramolecular Hbond substituents is 1. The second kappa shape index (κ2) is 4.55. The molecule has 0 saturated carbocycles. The van der Waals surface area contributed by atoms with E-state index >= 15 is 0 Å². The molecule has 1 aliphatic rings. The van der Waals surface area contributed by atoms with Crippen LogP contribution in [0.2, 0.25) is 0 Å². The van der Waals surface area contributed by atoms with Crippen LogP contribution in [0.4, 0.5) is 23.2 Å². The Morgan fingerprint density at radius 3 is 1.68 bits per heavy atom. The summed E-state index contributed by atoms with van der Waals surface area (Å²) in [7, 11) is 0. The number of rotatable bonds is 1. The molecule has 0 spiro atoms. The molecule has 4 nitrogen and oxygen atoms in total. The third-order valence-electron chi connectivity index (χ3n) is 3.22. The van der Waals surface area contributed by atoms with Crippen LogP contribution in [-0.4, -0.2) is 16.9 Å². The van der Waals surface area contributed by atoms with Gasteiger partial charge in [0.15, 0.2) is 23.3 Å². The van der Waals surface area contributed by atoms with Crippen LogP contribution in [0.3, 0.4) is 0 Å². The second-order valence-corrected chi connectivity index (χ2v) is 4.44. The standard InChI is InChI=1S/C14H5F4NO3/c15-9-7-8(10(16)12(18)11(9)17)14(22)19(13(7)21)5-3-1-2-4-6(5)20/h1-4,20H. The van der Waals surface area contributed by atoms with E-state index in [1.807, 2.05) is 0 Å². The molecule has 2 aromatic carbocycles. The monoisotopic (exact) mass is 311 g/mol. The lowest BCUT2D eigenvalue weighted by atomic mass is 10.1. The first-order chi connectivity index (χ1) is 10.4.